The molecule has 2 nitrogen and oxygen atoms in total. The molecule has 3 heteroatoms. The van der Waals surface area contributed by atoms with Gasteiger partial charge in [0.1, 0.15) is 5.75 Å². The molecule has 1 unspecified atom stereocenters. The van der Waals surface area contributed by atoms with Crippen molar-refractivity contribution in [3.63, 3.8) is 0 Å². The van der Waals surface area contributed by atoms with E-state index in [1.54, 1.807) is 7.11 Å². The van der Waals surface area contributed by atoms with Crippen LogP contribution in [-0.2, 0) is 5.54 Å². The third kappa shape index (κ3) is 1.80. The number of rotatable bonds is 2. The number of hydrogen-bond acceptors (Lipinski definition) is 2. The number of benzene rings is 1. The van der Waals surface area contributed by atoms with Crippen molar-refractivity contribution in [3.8, 4) is 5.75 Å². The van der Waals surface area contributed by atoms with Crippen LogP contribution in [-0.4, -0.2) is 13.7 Å². The quantitative estimate of drug-likeness (QED) is 0.856. The second-order valence-electron chi connectivity index (χ2n) is 4.64. The molecule has 1 aromatic carbocycles. The van der Waals surface area contributed by atoms with Crippen molar-refractivity contribution < 1.29 is 4.74 Å². The van der Waals surface area contributed by atoms with Gasteiger partial charge in [-0.15, -0.1) is 0 Å². The summed E-state index contributed by atoms with van der Waals surface area (Å²) >= 11 is 6.42. The zero-order chi connectivity index (χ0) is 11.8. The fourth-order valence-electron chi connectivity index (χ4n) is 2.45. The summed E-state index contributed by atoms with van der Waals surface area (Å²) < 4.78 is 5.36. The third-order valence-corrected chi connectivity index (χ3v) is 3.84. The predicted molar refractivity (Wildman–Crippen MR) is 67.3 cm³/mol. The van der Waals surface area contributed by atoms with Gasteiger partial charge in [-0.2, -0.15) is 0 Å². The number of halogens is 1. The van der Waals surface area contributed by atoms with Crippen molar-refractivity contribution >= 4 is 11.6 Å². The fraction of sp³-hybridized carbons (Fsp3) is 0.538. The number of nitrogens with one attached hydrogen (secondary N) is 1. The summed E-state index contributed by atoms with van der Waals surface area (Å²) in [5.74, 6) is 0.800. The molecule has 1 aliphatic heterocycles. The molecule has 0 aromatic heterocycles. The van der Waals surface area contributed by atoms with E-state index in [-0.39, 0.29) is 5.54 Å². The van der Waals surface area contributed by atoms with Crippen LogP contribution >= 0.6 is 11.6 Å². The zero-order valence-electron chi connectivity index (χ0n) is 10.1. The van der Waals surface area contributed by atoms with Gasteiger partial charge in [0.15, 0.2) is 0 Å². The van der Waals surface area contributed by atoms with Crippen LogP contribution in [0.3, 0.4) is 0 Å². The second kappa shape index (κ2) is 4.27. The lowest BCUT2D eigenvalue weighted by Gasteiger charge is -2.27. The standard InChI is InChI=1S/C13H18ClNO/c1-9-5-6-10(11(14)12(9)16-3)13(2)7-4-8-15-13/h5-6,15H,4,7-8H2,1-3H3. The maximum absolute atomic E-state index is 6.42. The first kappa shape index (κ1) is 11.7. The molecule has 1 fully saturated rings. The van der Waals surface area contributed by atoms with Crippen LogP contribution < -0.4 is 10.1 Å². The molecular weight excluding hydrogens is 222 g/mol. The van der Waals surface area contributed by atoms with E-state index in [1.807, 2.05) is 6.92 Å². The van der Waals surface area contributed by atoms with Gasteiger partial charge in [0.05, 0.1) is 12.1 Å². The molecule has 2 rings (SSSR count). The summed E-state index contributed by atoms with van der Waals surface area (Å²) in [5, 5.41) is 4.27. The highest BCUT2D eigenvalue weighted by molar-refractivity contribution is 6.33. The van der Waals surface area contributed by atoms with Crippen LogP contribution in [0.1, 0.15) is 30.9 Å². The van der Waals surface area contributed by atoms with Crippen molar-refractivity contribution in [1.29, 1.82) is 0 Å². The molecule has 1 saturated heterocycles. The van der Waals surface area contributed by atoms with Gasteiger partial charge >= 0.3 is 0 Å². The maximum Gasteiger partial charge on any atom is 0.140 e. The SMILES string of the molecule is COc1c(C)ccc(C2(C)CCCN2)c1Cl. The molecule has 1 aliphatic rings. The summed E-state index contributed by atoms with van der Waals surface area (Å²) in [4.78, 5) is 0. The molecule has 0 aliphatic carbocycles. The van der Waals surface area contributed by atoms with Gasteiger partial charge < -0.3 is 10.1 Å². The molecule has 1 aromatic rings. The Hall–Kier alpha value is -0.730. The number of hydrogen-bond donors (Lipinski definition) is 1. The molecule has 0 spiro atoms. The first-order valence-electron chi connectivity index (χ1n) is 5.67. The Bertz CT molecular complexity index is 397. The number of aryl methyl sites for hydroxylation is 1. The molecule has 1 atom stereocenters. The number of methoxy groups -OCH3 is 1. The van der Waals surface area contributed by atoms with Gasteiger partial charge in [0.25, 0.3) is 0 Å². The predicted octanol–water partition coefficient (Wildman–Crippen LogP) is 3.26. The van der Waals surface area contributed by atoms with Crippen molar-refractivity contribution in [3.05, 3.63) is 28.3 Å². The summed E-state index contributed by atoms with van der Waals surface area (Å²) in [7, 11) is 1.67. The smallest absolute Gasteiger partial charge is 0.140 e. The molecule has 0 amide bonds. The van der Waals surface area contributed by atoms with Gasteiger partial charge in [-0.05, 0) is 44.4 Å². The van der Waals surface area contributed by atoms with Gasteiger partial charge in [-0.3, -0.25) is 0 Å². The topological polar surface area (TPSA) is 21.3 Å². The van der Waals surface area contributed by atoms with E-state index in [0.717, 1.165) is 34.9 Å². The average Bonchev–Trinajstić information content (AvgIpc) is 2.66. The van der Waals surface area contributed by atoms with E-state index < -0.39 is 0 Å². The number of ether oxygens (including phenoxy) is 1. The first-order valence-corrected chi connectivity index (χ1v) is 6.05. The molecule has 1 N–H and O–H groups in total. The minimum atomic E-state index is -0.00192. The van der Waals surface area contributed by atoms with Crippen LogP contribution in [0.4, 0.5) is 0 Å². The van der Waals surface area contributed by atoms with E-state index >= 15 is 0 Å². The van der Waals surface area contributed by atoms with E-state index in [2.05, 4.69) is 24.4 Å². The van der Waals surface area contributed by atoms with Crippen LogP contribution in [0, 0.1) is 6.92 Å². The normalized spacial score (nSPS) is 24.8. The van der Waals surface area contributed by atoms with Crippen LogP contribution in [0.15, 0.2) is 12.1 Å². The maximum atomic E-state index is 6.42. The van der Waals surface area contributed by atoms with E-state index in [1.165, 1.54) is 6.42 Å². The van der Waals surface area contributed by atoms with Gasteiger partial charge in [0.2, 0.25) is 0 Å². The molecule has 0 bridgehead atoms. The van der Waals surface area contributed by atoms with Crippen molar-refractivity contribution in [2.45, 2.75) is 32.2 Å². The highest BCUT2D eigenvalue weighted by Crippen LogP contribution is 2.40. The summed E-state index contributed by atoms with van der Waals surface area (Å²) in [5.41, 5.74) is 2.23. The lowest BCUT2D eigenvalue weighted by atomic mass is 9.89. The second-order valence-corrected chi connectivity index (χ2v) is 5.02. The Balaban J connectivity index is 2.49. The minimum Gasteiger partial charge on any atom is -0.495 e. The van der Waals surface area contributed by atoms with Gasteiger partial charge in [0, 0.05) is 5.54 Å². The van der Waals surface area contributed by atoms with Crippen LogP contribution in [0.25, 0.3) is 0 Å². The Labute approximate surface area is 102 Å². The van der Waals surface area contributed by atoms with Crippen molar-refractivity contribution in [2.75, 3.05) is 13.7 Å². The molecule has 88 valence electrons. The van der Waals surface area contributed by atoms with Crippen LogP contribution in [0.5, 0.6) is 5.75 Å². The summed E-state index contributed by atoms with van der Waals surface area (Å²) in [6.45, 7) is 5.28. The van der Waals surface area contributed by atoms with E-state index in [9.17, 15) is 0 Å². The van der Waals surface area contributed by atoms with Gasteiger partial charge in [-0.1, -0.05) is 23.7 Å². The Morgan fingerprint density at radius 2 is 2.19 bits per heavy atom. The molecular formula is C13H18ClNO. The summed E-state index contributed by atoms with van der Waals surface area (Å²) in [6, 6.07) is 4.18. The average molecular weight is 240 g/mol. The minimum absolute atomic E-state index is 0.00192. The Morgan fingerprint density at radius 3 is 2.75 bits per heavy atom. The van der Waals surface area contributed by atoms with Crippen molar-refractivity contribution in [2.24, 2.45) is 0 Å². The van der Waals surface area contributed by atoms with E-state index in [0.29, 0.717) is 0 Å². The fourth-order valence-corrected chi connectivity index (χ4v) is 2.95. The first-order chi connectivity index (χ1) is 7.58. The van der Waals surface area contributed by atoms with E-state index in [4.69, 9.17) is 16.3 Å². The van der Waals surface area contributed by atoms with Gasteiger partial charge in [-0.25, -0.2) is 0 Å². The lowest BCUT2D eigenvalue weighted by molar-refractivity contribution is 0.402. The molecule has 0 radical (unpaired) electrons. The monoisotopic (exact) mass is 239 g/mol. The molecule has 16 heavy (non-hydrogen) atoms. The molecule has 1 heterocycles. The lowest BCUT2D eigenvalue weighted by Crippen LogP contribution is -2.33. The third-order valence-electron chi connectivity index (χ3n) is 3.46. The zero-order valence-corrected chi connectivity index (χ0v) is 10.8. The molecule has 0 saturated carbocycles. The Morgan fingerprint density at radius 1 is 1.44 bits per heavy atom. The van der Waals surface area contributed by atoms with Crippen LogP contribution in [0.2, 0.25) is 5.02 Å². The van der Waals surface area contributed by atoms with Crippen molar-refractivity contribution in [1.82, 2.24) is 5.32 Å². The Kier molecular flexibility index (Phi) is 3.13. The highest BCUT2D eigenvalue weighted by Gasteiger charge is 2.32. The largest absolute Gasteiger partial charge is 0.495 e. The highest BCUT2D eigenvalue weighted by atomic mass is 35.5. The summed E-state index contributed by atoms with van der Waals surface area (Å²) in [6.07, 6.45) is 2.32.